The zero-order valence-corrected chi connectivity index (χ0v) is 15.7. The van der Waals surface area contributed by atoms with Gasteiger partial charge in [0.15, 0.2) is 12.7 Å². The summed E-state index contributed by atoms with van der Waals surface area (Å²) < 4.78 is 15.5. The molecule has 28 heavy (non-hydrogen) atoms. The first-order valence-electron chi connectivity index (χ1n) is 8.81. The van der Waals surface area contributed by atoms with E-state index in [4.69, 9.17) is 14.2 Å². The number of esters is 1. The lowest BCUT2D eigenvalue weighted by Gasteiger charge is -2.14. The minimum Gasteiger partial charge on any atom is -0.497 e. The molecule has 0 saturated carbocycles. The van der Waals surface area contributed by atoms with Crippen molar-refractivity contribution in [2.24, 2.45) is 0 Å². The van der Waals surface area contributed by atoms with Crippen molar-refractivity contribution in [2.75, 3.05) is 19.0 Å². The number of carbonyl (C=O) groups excluding carboxylic acids is 2. The van der Waals surface area contributed by atoms with Gasteiger partial charge < -0.3 is 19.5 Å². The monoisotopic (exact) mass is 379 g/mol. The van der Waals surface area contributed by atoms with E-state index in [9.17, 15) is 9.59 Å². The Morgan fingerprint density at radius 2 is 1.61 bits per heavy atom. The molecule has 0 radical (unpaired) electrons. The third-order valence-electron chi connectivity index (χ3n) is 4.11. The first-order valence-corrected chi connectivity index (χ1v) is 8.81. The fourth-order valence-corrected chi connectivity index (χ4v) is 2.61. The number of rotatable bonds is 7. The van der Waals surface area contributed by atoms with Gasteiger partial charge in [0.25, 0.3) is 5.91 Å². The van der Waals surface area contributed by atoms with Crippen LogP contribution in [0.1, 0.15) is 6.92 Å². The number of ether oxygens (including phenoxy) is 3. The van der Waals surface area contributed by atoms with Gasteiger partial charge in [-0.2, -0.15) is 0 Å². The average Bonchev–Trinajstić information content (AvgIpc) is 2.72. The smallest absolute Gasteiger partial charge is 0.344 e. The number of hydrogen-bond donors (Lipinski definition) is 1. The fourth-order valence-electron chi connectivity index (χ4n) is 2.61. The van der Waals surface area contributed by atoms with Crippen molar-refractivity contribution in [2.45, 2.75) is 13.0 Å². The number of fused-ring (bicyclic) bond motifs is 1. The second-order valence-electron chi connectivity index (χ2n) is 6.15. The summed E-state index contributed by atoms with van der Waals surface area (Å²) in [6.45, 7) is 1.22. The fraction of sp³-hybridized carbons (Fsp3) is 0.182. The van der Waals surface area contributed by atoms with Crippen LogP contribution in [0.5, 0.6) is 11.5 Å². The van der Waals surface area contributed by atoms with Gasteiger partial charge in [0.2, 0.25) is 0 Å². The van der Waals surface area contributed by atoms with Crippen LogP contribution in [0.25, 0.3) is 10.8 Å². The molecule has 3 rings (SSSR count). The standard InChI is InChI=1S/C22H21NO5/c1-15(28-21(24)14-27-20-11-9-19(26-2)10-12-20)22(25)23-18-8-7-16-5-3-4-6-17(16)13-18/h3-13,15H,14H2,1-2H3,(H,23,25)/t15-/m0/s1. The molecule has 0 fully saturated rings. The molecule has 3 aromatic carbocycles. The summed E-state index contributed by atoms with van der Waals surface area (Å²) in [6, 6.07) is 20.3. The zero-order valence-electron chi connectivity index (χ0n) is 15.7. The van der Waals surface area contributed by atoms with Gasteiger partial charge in [0.1, 0.15) is 11.5 Å². The molecule has 0 saturated heterocycles. The van der Waals surface area contributed by atoms with Gasteiger partial charge in [-0.3, -0.25) is 4.79 Å². The Morgan fingerprint density at radius 1 is 0.929 bits per heavy atom. The number of benzene rings is 3. The summed E-state index contributed by atoms with van der Waals surface area (Å²) in [5.41, 5.74) is 0.640. The van der Waals surface area contributed by atoms with Crippen molar-refractivity contribution in [3.63, 3.8) is 0 Å². The predicted molar refractivity (Wildman–Crippen MR) is 107 cm³/mol. The van der Waals surface area contributed by atoms with Crippen molar-refractivity contribution in [3.05, 3.63) is 66.7 Å². The molecule has 0 aromatic heterocycles. The highest BCUT2D eigenvalue weighted by atomic mass is 16.6. The van der Waals surface area contributed by atoms with E-state index < -0.39 is 18.0 Å². The lowest BCUT2D eigenvalue weighted by atomic mass is 10.1. The highest BCUT2D eigenvalue weighted by Crippen LogP contribution is 2.19. The molecule has 0 spiro atoms. The van der Waals surface area contributed by atoms with Crippen LogP contribution in [-0.4, -0.2) is 31.7 Å². The third kappa shape index (κ3) is 5.01. The second kappa shape index (κ2) is 8.90. The highest BCUT2D eigenvalue weighted by Gasteiger charge is 2.18. The molecule has 0 unspecified atom stereocenters. The van der Waals surface area contributed by atoms with E-state index in [1.165, 1.54) is 6.92 Å². The molecular weight excluding hydrogens is 358 g/mol. The van der Waals surface area contributed by atoms with Gasteiger partial charge >= 0.3 is 5.97 Å². The molecule has 1 amide bonds. The van der Waals surface area contributed by atoms with E-state index in [-0.39, 0.29) is 6.61 Å². The molecule has 1 atom stereocenters. The maximum absolute atomic E-state index is 12.3. The topological polar surface area (TPSA) is 73.9 Å². The van der Waals surface area contributed by atoms with Gasteiger partial charge in [-0.1, -0.05) is 30.3 Å². The Balaban J connectivity index is 1.50. The summed E-state index contributed by atoms with van der Waals surface area (Å²) in [7, 11) is 1.57. The Labute approximate surface area is 163 Å². The lowest BCUT2D eigenvalue weighted by molar-refractivity contribution is -0.155. The normalized spacial score (nSPS) is 11.5. The Kier molecular flexibility index (Phi) is 6.11. The molecule has 6 nitrogen and oxygen atoms in total. The minimum atomic E-state index is -0.946. The van der Waals surface area contributed by atoms with Gasteiger partial charge in [0.05, 0.1) is 7.11 Å². The average molecular weight is 379 g/mol. The first kappa shape index (κ1) is 19.2. The molecule has 0 aliphatic heterocycles. The maximum atomic E-state index is 12.3. The van der Waals surface area contributed by atoms with Gasteiger partial charge in [-0.15, -0.1) is 0 Å². The molecule has 0 bridgehead atoms. The van der Waals surface area contributed by atoms with Crippen LogP contribution < -0.4 is 14.8 Å². The van der Waals surface area contributed by atoms with Crippen LogP contribution in [0.3, 0.4) is 0 Å². The predicted octanol–water partition coefficient (Wildman–Crippen LogP) is 3.80. The molecule has 1 N–H and O–H groups in total. The number of anilines is 1. The van der Waals surface area contributed by atoms with Crippen LogP contribution in [0.15, 0.2) is 66.7 Å². The van der Waals surface area contributed by atoms with Crippen LogP contribution in [0, 0.1) is 0 Å². The van der Waals surface area contributed by atoms with E-state index in [0.29, 0.717) is 17.2 Å². The number of amides is 1. The first-order chi connectivity index (χ1) is 13.5. The molecule has 0 heterocycles. The molecule has 3 aromatic rings. The van der Waals surface area contributed by atoms with Crippen molar-refractivity contribution in [3.8, 4) is 11.5 Å². The summed E-state index contributed by atoms with van der Waals surface area (Å²) in [6.07, 6.45) is -0.946. The van der Waals surface area contributed by atoms with E-state index in [2.05, 4.69) is 5.32 Å². The minimum absolute atomic E-state index is 0.292. The van der Waals surface area contributed by atoms with Gasteiger partial charge in [-0.05, 0) is 54.1 Å². The van der Waals surface area contributed by atoms with Crippen LogP contribution >= 0.6 is 0 Å². The van der Waals surface area contributed by atoms with Crippen LogP contribution in [0.4, 0.5) is 5.69 Å². The Morgan fingerprint density at radius 3 is 2.32 bits per heavy atom. The zero-order chi connectivity index (χ0) is 19.9. The molecule has 0 aliphatic carbocycles. The molecule has 144 valence electrons. The molecule has 0 aliphatic rings. The summed E-state index contributed by atoms with van der Waals surface area (Å²) in [5.74, 6) is 0.157. The Hall–Kier alpha value is -3.54. The van der Waals surface area contributed by atoms with E-state index in [1.807, 2.05) is 42.5 Å². The second-order valence-corrected chi connectivity index (χ2v) is 6.15. The highest BCUT2D eigenvalue weighted by molar-refractivity contribution is 5.97. The van der Waals surface area contributed by atoms with E-state index in [1.54, 1.807) is 31.4 Å². The number of hydrogen-bond acceptors (Lipinski definition) is 5. The molecule has 6 heteroatoms. The van der Waals surface area contributed by atoms with Crippen LogP contribution in [-0.2, 0) is 14.3 Å². The van der Waals surface area contributed by atoms with Gasteiger partial charge in [-0.25, -0.2) is 4.79 Å². The van der Waals surface area contributed by atoms with Crippen molar-refractivity contribution < 1.29 is 23.8 Å². The summed E-state index contributed by atoms with van der Waals surface area (Å²) in [5, 5.41) is 4.85. The lowest BCUT2D eigenvalue weighted by Crippen LogP contribution is -2.31. The summed E-state index contributed by atoms with van der Waals surface area (Å²) in [4.78, 5) is 24.2. The number of carbonyl (C=O) groups is 2. The Bertz CT molecular complexity index is 968. The van der Waals surface area contributed by atoms with E-state index >= 15 is 0 Å². The van der Waals surface area contributed by atoms with Crippen molar-refractivity contribution >= 4 is 28.3 Å². The number of methoxy groups -OCH3 is 1. The van der Waals surface area contributed by atoms with E-state index in [0.717, 1.165) is 10.8 Å². The molecular formula is C22H21NO5. The quantitative estimate of drug-likeness (QED) is 0.632. The third-order valence-corrected chi connectivity index (χ3v) is 4.11. The van der Waals surface area contributed by atoms with Crippen molar-refractivity contribution in [1.82, 2.24) is 0 Å². The van der Waals surface area contributed by atoms with Crippen LogP contribution in [0.2, 0.25) is 0 Å². The van der Waals surface area contributed by atoms with Gasteiger partial charge in [0, 0.05) is 5.69 Å². The number of nitrogens with one attached hydrogen (secondary N) is 1. The SMILES string of the molecule is COc1ccc(OCC(=O)O[C@@H](C)C(=O)Nc2ccc3ccccc3c2)cc1. The summed E-state index contributed by atoms with van der Waals surface area (Å²) >= 11 is 0. The maximum Gasteiger partial charge on any atom is 0.344 e. The largest absolute Gasteiger partial charge is 0.497 e. The van der Waals surface area contributed by atoms with Crippen molar-refractivity contribution in [1.29, 1.82) is 0 Å².